The van der Waals surface area contributed by atoms with Crippen molar-refractivity contribution in [2.24, 2.45) is 4.99 Å². The molecule has 180 valence electrons. The van der Waals surface area contributed by atoms with E-state index in [9.17, 15) is 14.0 Å². The van der Waals surface area contributed by atoms with Gasteiger partial charge < -0.3 is 0 Å². The molecule has 0 spiro atoms. The summed E-state index contributed by atoms with van der Waals surface area (Å²) in [7, 11) is 0. The van der Waals surface area contributed by atoms with Crippen LogP contribution in [0.2, 0.25) is 0 Å². The topological polar surface area (TPSA) is 80.5 Å². The molecule has 0 atom stereocenters. The Labute approximate surface area is 212 Å². The summed E-state index contributed by atoms with van der Waals surface area (Å²) >= 11 is 0. The molecule has 6 rings (SSSR count). The summed E-state index contributed by atoms with van der Waals surface area (Å²) in [6, 6.07) is 18.9. The van der Waals surface area contributed by atoms with Crippen LogP contribution in [0.5, 0.6) is 0 Å². The molecule has 0 unspecified atom stereocenters. The van der Waals surface area contributed by atoms with E-state index in [2.05, 4.69) is 22.0 Å². The zero-order valence-corrected chi connectivity index (χ0v) is 19.9. The Morgan fingerprint density at radius 2 is 1.59 bits per heavy atom. The number of imide groups is 1. The van der Waals surface area contributed by atoms with Crippen molar-refractivity contribution in [1.82, 2.24) is 19.7 Å². The first kappa shape index (κ1) is 22.6. The highest BCUT2D eigenvalue weighted by atomic mass is 19.1. The van der Waals surface area contributed by atoms with Gasteiger partial charge in [-0.15, -0.1) is 10.2 Å². The smallest absolute Gasteiger partial charge is 0.262 e. The fourth-order valence-electron chi connectivity index (χ4n) is 4.68. The minimum Gasteiger partial charge on any atom is -0.281 e. The van der Waals surface area contributed by atoms with Crippen molar-refractivity contribution in [3.63, 3.8) is 0 Å². The maximum Gasteiger partial charge on any atom is 0.262 e. The van der Waals surface area contributed by atoms with Crippen molar-refractivity contribution in [2.45, 2.75) is 19.9 Å². The van der Waals surface area contributed by atoms with Gasteiger partial charge in [-0.3, -0.25) is 24.0 Å². The Morgan fingerprint density at radius 1 is 0.892 bits per heavy atom. The number of halogens is 1. The summed E-state index contributed by atoms with van der Waals surface area (Å²) in [4.78, 5) is 31.1. The van der Waals surface area contributed by atoms with E-state index in [1.807, 2.05) is 29.7 Å². The van der Waals surface area contributed by atoms with Gasteiger partial charge in [0.05, 0.1) is 29.1 Å². The van der Waals surface area contributed by atoms with E-state index in [0.717, 1.165) is 16.4 Å². The van der Waals surface area contributed by atoms with E-state index in [1.54, 1.807) is 42.5 Å². The molecule has 0 bridgehead atoms. The van der Waals surface area contributed by atoms with Crippen molar-refractivity contribution < 1.29 is 14.0 Å². The average molecular weight is 490 g/mol. The van der Waals surface area contributed by atoms with Crippen molar-refractivity contribution in [1.29, 1.82) is 0 Å². The molecular weight excluding hydrogens is 469 g/mol. The average Bonchev–Trinajstić information content (AvgIpc) is 3.38. The van der Waals surface area contributed by atoms with Gasteiger partial charge in [0.15, 0.2) is 5.82 Å². The second-order valence-corrected chi connectivity index (χ2v) is 8.64. The number of rotatable bonds is 3. The van der Waals surface area contributed by atoms with Crippen LogP contribution in [0.25, 0.3) is 5.69 Å². The Balaban J connectivity index is 1.39. The number of aryl methyl sites for hydroxylation is 1. The molecule has 0 N–H and O–H groups in total. The number of aromatic nitrogens is 3. The fourth-order valence-corrected chi connectivity index (χ4v) is 4.68. The largest absolute Gasteiger partial charge is 0.281 e. The van der Waals surface area contributed by atoms with E-state index in [-0.39, 0.29) is 30.7 Å². The SMILES string of the molecule is CCc1nnc2n1-c1ccc(C#CCN3C(=O)c4ccccc4C3=O)cc1C(c1ccccc1F)=NC2. The van der Waals surface area contributed by atoms with Gasteiger partial charge in [-0.25, -0.2) is 4.39 Å². The predicted octanol–water partition coefficient (Wildman–Crippen LogP) is 3.97. The lowest BCUT2D eigenvalue weighted by molar-refractivity contribution is 0.0675. The molecule has 0 fully saturated rings. The number of nitrogens with zero attached hydrogens (tertiary/aromatic N) is 5. The quantitative estimate of drug-likeness (QED) is 0.322. The van der Waals surface area contributed by atoms with Gasteiger partial charge in [-0.1, -0.05) is 43.0 Å². The molecule has 7 nitrogen and oxygen atoms in total. The minimum absolute atomic E-state index is 0.0345. The summed E-state index contributed by atoms with van der Waals surface area (Å²) in [6.07, 6.45) is 0.670. The van der Waals surface area contributed by atoms with Gasteiger partial charge in [0.2, 0.25) is 0 Å². The maximum atomic E-state index is 14.8. The van der Waals surface area contributed by atoms with Crippen molar-refractivity contribution in [2.75, 3.05) is 6.54 Å². The number of hydrogen-bond donors (Lipinski definition) is 0. The van der Waals surface area contributed by atoms with Gasteiger partial charge in [0.25, 0.3) is 11.8 Å². The molecule has 0 aliphatic carbocycles. The third kappa shape index (κ3) is 3.72. The molecule has 0 saturated carbocycles. The van der Waals surface area contributed by atoms with E-state index in [1.165, 1.54) is 6.07 Å². The third-order valence-corrected chi connectivity index (χ3v) is 6.46. The van der Waals surface area contributed by atoms with Crippen LogP contribution in [0, 0.1) is 17.7 Å². The van der Waals surface area contributed by atoms with Crippen LogP contribution in [0.1, 0.15) is 56.0 Å². The monoisotopic (exact) mass is 489 g/mol. The molecule has 0 radical (unpaired) electrons. The summed E-state index contributed by atoms with van der Waals surface area (Å²) in [5, 5.41) is 8.59. The van der Waals surface area contributed by atoms with Crippen LogP contribution in [-0.4, -0.2) is 43.7 Å². The molecule has 8 heteroatoms. The number of carbonyl (C=O) groups excluding carboxylic acids is 2. The fraction of sp³-hybridized carbons (Fsp3) is 0.138. The lowest BCUT2D eigenvalue weighted by atomic mass is 9.98. The molecule has 2 aliphatic rings. The molecule has 1 aromatic heterocycles. The third-order valence-electron chi connectivity index (χ3n) is 6.46. The second-order valence-electron chi connectivity index (χ2n) is 8.64. The van der Waals surface area contributed by atoms with Gasteiger partial charge in [-0.2, -0.15) is 0 Å². The maximum absolute atomic E-state index is 14.8. The number of aliphatic imine (C=N–C) groups is 1. The van der Waals surface area contributed by atoms with Crippen LogP contribution < -0.4 is 0 Å². The first-order valence-electron chi connectivity index (χ1n) is 11.9. The Kier molecular flexibility index (Phi) is 5.46. The van der Waals surface area contributed by atoms with Crippen LogP contribution in [0.15, 0.2) is 71.7 Å². The molecule has 4 aromatic rings. The van der Waals surface area contributed by atoms with E-state index >= 15 is 0 Å². The van der Waals surface area contributed by atoms with Crippen LogP contribution in [0.4, 0.5) is 4.39 Å². The van der Waals surface area contributed by atoms with Gasteiger partial charge in [0, 0.05) is 23.1 Å². The molecule has 0 saturated heterocycles. The van der Waals surface area contributed by atoms with E-state index in [0.29, 0.717) is 45.8 Å². The van der Waals surface area contributed by atoms with Gasteiger partial charge in [0.1, 0.15) is 18.2 Å². The number of benzene rings is 3. The van der Waals surface area contributed by atoms with E-state index < -0.39 is 0 Å². The molecular formula is C29H20FN5O2. The number of carbonyl (C=O) groups is 2. The standard InChI is InChI=1S/C29H20FN5O2/c1-2-25-32-33-26-17-31-27(21-11-5-6-12-23(21)30)22-16-18(13-14-24(22)35(25)26)8-7-15-34-28(36)19-9-3-4-10-20(19)29(34)37/h3-6,9-14,16H,2,15,17H2,1H3. The Morgan fingerprint density at radius 3 is 2.30 bits per heavy atom. The Hall–Kier alpha value is -4.90. The first-order valence-corrected chi connectivity index (χ1v) is 11.9. The summed E-state index contributed by atoms with van der Waals surface area (Å²) in [5.74, 6) is 6.40. The number of fused-ring (bicyclic) bond motifs is 4. The second kappa shape index (κ2) is 8.95. The van der Waals surface area contributed by atoms with Crippen LogP contribution in [0.3, 0.4) is 0 Å². The Bertz CT molecular complexity index is 1660. The molecule has 3 heterocycles. The summed E-state index contributed by atoms with van der Waals surface area (Å²) in [5.41, 5.74) is 3.81. The lowest BCUT2D eigenvalue weighted by Crippen LogP contribution is -2.29. The van der Waals surface area contributed by atoms with Crippen LogP contribution in [-0.2, 0) is 13.0 Å². The number of amides is 2. The lowest BCUT2D eigenvalue weighted by Gasteiger charge is -2.14. The zero-order chi connectivity index (χ0) is 25.5. The molecule has 37 heavy (non-hydrogen) atoms. The highest BCUT2D eigenvalue weighted by Crippen LogP contribution is 2.28. The van der Waals surface area contributed by atoms with Crippen LogP contribution >= 0.6 is 0 Å². The zero-order valence-electron chi connectivity index (χ0n) is 19.9. The molecule has 2 amide bonds. The predicted molar refractivity (Wildman–Crippen MR) is 135 cm³/mol. The normalized spacial score (nSPS) is 13.8. The van der Waals surface area contributed by atoms with Crippen molar-refractivity contribution >= 4 is 17.5 Å². The highest BCUT2D eigenvalue weighted by molar-refractivity contribution is 6.21. The van der Waals surface area contributed by atoms with Crippen molar-refractivity contribution in [3.05, 3.63) is 112 Å². The minimum atomic E-state index is -0.373. The van der Waals surface area contributed by atoms with Gasteiger partial charge >= 0.3 is 0 Å². The van der Waals surface area contributed by atoms with E-state index in [4.69, 9.17) is 4.99 Å². The highest BCUT2D eigenvalue weighted by Gasteiger charge is 2.34. The summed E-state index contributed by atoms with van der Waals surface area (Å²) < 4.78 is 16.8. The summed E-state index contributed by atoms with van der Waals surface area (Å²) in [6.45, 7) is 2.22. The molecule has 2 aliphatic heterocycles. The number of hydrogen-bond acceptors (Lipinski definition) is 5. The first-order chi connectivity index (χ1) is 18.1. The molecule has 3 aromatic carbocycles. The van der Waals surface area contributed by atoms with Crippen molar-refractivity contribution in [3.8, 4) is 17.5 Å². The van der Waals surface area contributed by atoms with Gasteiger partial charge in [-0.05, 0) is 42.5 Å².